The van der Waals surface area contributed by atoms with Crippen LogP contribution in [0, 0.1) is 22.5 Å². The van der Waals surface area contributed by atoms with Gasteiger partial charge in [0.2, 0.25) is 5.91 Å². The molecule has 1 aliphatic heterocycles. The fraction of sp³-hybridized carbons (Fsp3) is 0.462. The molecule has 1 heterocycles. The third-order valence-corrected chi connectivity index (χ3v) is 4.42. The van der Waals surface area contributed by atoms with Crippen molar-refractivity contribution in [2.75, 3.05) is 18.5 Å². The van der Waals surface area contributed by atoms with Gasteiger partial charge in [-0.05, 0) is 35.8 Å². The van der Waals surface area contributed by atoms with E-state index >= 15 is 0 Å². The quantitative estimate of drug-likeness (QED) is 0.635. The number of nitrogens with one attached hydrogen (secondary N) is 1. The maximum atomic E-state index is 12.4. The smallest absolute Gasteiger partial charge is 0.274 e. The van der Waals surface area contributed by atoms with E-state index in [1.807, 2.05) is 0 Å². The predicted octanol–water partition coefficient (Wildman–Crippen LogP) is 1.97. The standard InChI is InChI=1S/C13H16BrN3O4/c1-7-3-8(14)9(4-10(7)17(19)20)16-12(18)13(2)6-21-5-11(13)15/h3-4,11H,5-6,15H2,1-2H3,(H,16,18). The highest BCUT2D eigenvalue weighted by Crippen LogP contribution is 2.33. The lowest BCUT2D eigenvalue weighted by molar-refractivity contribution is -0.385. The van der Waals surface area contributed by atoms with E-state index in [1.165, 1.54) is 6.07 Å². The van der Waals surface area contributed by atoms with Crippen LogP contribution in [0.25, 0.3) is 0 Å². The number of carbonyl (C=O) groups excluding carboxylic acids is 1. The molecule has 1 saturated heterocycles. The number of hydrogen-bond donors (Lipinski definition) is 2. The van der Waals surface area contributed by atoms with Crippen LogP contribution >= 0.6 is 15.9 Å². The van der Waals surface area contributed by atoms with Gasteiger partial charge in [-0.25, -0.2) is 0 Å². The topological polar surface area (TPSA) is 107 Å². The molecule has 1 aromatic rings. The number of ether oxygens (including phenoxy) is 1. The Balaban J connectivity index is 2.29. The normalized spacial score (nSPS) is 24.9. The third-order valence-electron chi connectivity index (χ3n) is 3.77. The summed E-state index contributed by atoms with van der Waals surface area (Å²) in [6.07, 6.45) is 0. The van der Waals surface area contributed by atoms with Gasteiger partial charge in [-0.3, -0.25) is 14.9 Å². The highest BCUT2D eigenvalue weighted by molar-refractivity contribution is 9.10. The molecule has 2 rings (SSSR count). The molecule has 21 heavy (non-hydrogen) atoms. The molecule has 0 aliphatic carbocycles. The van der Waals surface area contributed by atoms with Gasteiger partial charge in [0.1, 0.15) is 0 Å². The van der Waals surface area contributed by atoms with Crippen LogP contribution in [0.2, 0.25) is 0 Å². The van der Waals surface area contributed by atoms with Crippen molar-refractivity contribution in [2.24, 2.45) is 11.1 Å². The molecule has 1 fully saturated rings. The first-order valence-electron chi connectivity index (χ1n) is 6.35. The molecule has 7 nitrogen and oxygen atoms in total. The van der Waals surface area contributed by atoms with E-state index in [0.717, 1.165) is 0 Å². The molecular weight excluding hydrogens is 342 g/mol. The highest BCUT2D eigenvalue weighted by atomic mass is 79.9. The molecule has 1 aliphatic rings. The second-order valence-corrected chi connectivity index (χ2v) is 6.22. The Hall–Kier alpha value is -1.51. The van der Waals surface area contributed by atoms with Crippen molar-refractivity contribution in [1.82, 2.24) is 0 Å². The van der Waals surface area contributed by atoms with Crippen molar-refractivity contribution in [1.29, 1.82) is 0 Å². The van der Waals surface area contributed by atoms with E-state index in [0.29, 0.717) is 22.3 Å². The second-order valence-electron chi connectivity index (χ2n) is 5.37. The fourth-order valence-electron chi connectivity index (χ4n) is 2.14. The van der Waals surface area contributed by atoms with Crippen molar-refractivity contribution >= 4 is 33.2 Å². The Kier molecular flexibility index (Phi) is 4.31. The summed E-state index contributed by atoms with van der Waals surface area (Å²) < 4.78 is 5.82. The summed E-state index contributed by atoms with van der Waals surface area (Å²) in [6.45, 7) is 3.90. The number of hydrogen-bond acceptors (Lipinski definition) is 5. The Labute approximate surface area is 130 Å². The minimum Gasteiger partial charge on any atom is -0.379 e. The van der Waals surface area contributed by atoms with Crippen LogP contribution in [0.15, 0.2) is 16.6 Å². The van der Waals surface area contributed by atoms with Crippen molar-refractivity contribution in [3.8, 4) is 0 Å². The summed E-state index contributed by atoms with van der Waals surface area (Å²) in [5.74, 6) is -0.314. The Morgan fingerprint density at radius 2 is 2.29 bits per heavy atom. The van der Waals surface area contributed by atoms with Crippen LogP contribution < -0.4 is 11.1 Å². The molecule has 2 unspecified atom stereocenters. The molecule has 1 aromatic carbocycles. The van der Waals surface area contributed by atoms with Crippen LogP contribution in [0.1, 0.15) is 12.5 Å². The van der Waals surface area contributed by atoms with Gasteiger partial charge in [0.05, 0.1) is 29.2 Å². The van der Waals surface area contributed by atoms with Gasteiger partial charge >= 0.3 is 0 Å². The molecule has 3 N–H and O–H groups in total. The number of nitrogens with zero attached hydrogens (tertiary/aromatic N) is 1. The highest BCUT2D eigenvalue weighted by Gasteiger charge is 2.44. The van der Waals surface area contributed by atoms with Gasteiger partial charge in [0.15, 0.2) is 0 Å². The average molecular weight is 358 g/mol. The van der Waals surface area contributed by atoms with Gasteiger partial charge in [0.25, 0.3) is 5.69 Å². The molecule has 0 spiro atoms. The zero-order valence-electron chi connectivity index (χ0n) is 11.7. The second kappa shape index (κ2) is 5.70. The molecule has 0 saturated carbocycles. The van der Waals surface area contributed by atoms with Crippen LogP contribution in [-0.4, -0.2) is 30.1 Å². The number of nitro groups is 1. The summed E-state index contributed by atoms with van der Waals surface area (Å²) in [7, 11) is 0. The zero-order chi connectivity index (χ0) is 15.8. The average Bonchev–Trinajstić information content (AvgIpc) is 2.73. The van der Waals surface area contributed by atoms with Crippen LogP contribution in [-0.2, 0) is 9.53 Å². The van der Waals surface area contributed by atoms with Gasteiger partial charge in [0, 0.05) is 22.1 Å². The Morgan fingerprint density at radius 3 is 2.81 bits per heavy atom. The Bertz CT molecular complexity index is 607. The molecule has 0 radical (unpaired) electrons. The number of nitrogens with two attached hydrogens (primary N) is 1. The SMILES string of the molecule is Cc1cc(Br)c(NC(=O)C2(C)COCC2N)cc1[N+](=O)[O-]. The lowest BCUT2D eigenvalue weighted by Gasteiger charge is -2.25. The largest absolute Gasteiger partial charge is 0.379 e. The summed E-state index contributed by atoms with van der Waals surface area (Å²) in [5.41, 5.74) is 5.86. The van der Waals surface area contributed by atoms with Gasteiger partial charge < -0.3 is 15.8 Å². The number of benzene rings is 1. The van der Waals surface area contributed by atoms with Gasteiger partial charge in [-0.15, -0.1) is 0 Å². The van der Waals surface area contributed by atoms with Crippen molar-refractivity contribution in [3.05, 3.63) is 32.3 Å². The molecule has 114 valence electrons. The molecule has 2 atom stereocenters. The first kappa shape index (κ1) is 15.9. The van der Waals surface area contributed by atoms with E-state index in [9.17, 15) is 14.9 Å². The molecule has 0 bridgehead atoms. The lowest BCUT2D eigenvalue weighted by atomic mass is 9.85. The summed E-state index contributed by atoms with van der Waals surface area (Å²) in [4.78, 5) is 22.9. The summed E-state index contributed by atoms with van der Waals surface area (Å²) in [5, 5.41) is 13.7. The summed E-state index contributed by atoms with van der Waals surface area (Å²) in [6, 6.07) is 2.53. The van der Waals surface area contributed by atoms with Crippen molar-refractivity contribution in [3.63, 3.8) is 0 Å². The number of amides is 1. The first-order chi connectivity index (χ1) is 9.75. The van der Waals surface area contributed by atoms with Gasteiger partial charge in [-0.1, -0.05) is 0 Å². The van der Waals surface area contributed by atoms with E-state index in [4.69, 9.17) is 10.5 Å². The zero-order valence-corrected chi connectivity index (χ0v) is 13.3. The number of anilines is 1. The molecule has 8 heteroatoms. The third kappa shape index (κ3) is 2.92. The van der Waals surface area contributed by atoms with Gasteiger partial charge in [-0.2, -0.15) is 0 Å². The number of rotatable bonds is 3. The predicted molar refractivity (Wildman–Crippen MR) is 81.1 cm³/mol. The van der Waals surface area contributed by atoms with E-state index < -0.39 is 16.4 Å². The van der Waals surface area contributed by atoms with Crippen LogP contribution in [0.3, 0.4) is 0 Å². The van der Waals surface area contributed by atoms with Crippen LogP contribution in [0.4, 0.5) is 11.4 Å². The van der Waals surface area contributed by atoms with Crippen molar-refractivity contribution < 1.29 is 14.5 Å². The van der Waals surface area contributed by atoms with E-state index in [2.05, 4.69) is 21.2 Å². The minimum absolute atomic E-state index is 0.0503. The fourth-order valence-corrected chi connectivity index (χ4v) is 2.70. The minimum atomic E-state index is -0.848. The molecule has 1 amide bonds. The Morgan fingerprint density at radius 1 is 1.62 bits per heavy atom. The number of halogens is 1. The monoisotopic (exact) mass is 357 g/mol. The lowest BCUT2D eigenvalue weighted by Crippen LogP contribution is -2.47. The maximum Gasteiger partial charge on any atom is 0.274 e. The van der Waals surface area contributed by atoms with Crippen LogP contribution in [0.5, 0.6) is 0 Å². The van der Waals surface area contributed by atoms with E-state index in [1.54, 1.807) is 19.9 Å². The van der Waals surface area contributed by atoms with E-state index in [-0.39, 0.29) is 18.2 Å². The van der Waals surface area contributed by atoms with Crippen molar-refractivity contribution in [2.45, 2.75) is 19.9 Å². The number of aryl methyl sites for hydroxylation is 1. The molecule has 0 aromatic heterocycles. The number of nitro benzene ring substituents is 1. The molecular formula is C13H16BrN3O4. The summed E-state index contributed by atoms with van der Waals surface area (Å²) >= 11 is 3.30. The number of carbonyl (C=O) groups is 1. The first-order valence-corrected chi connectivity index (χ1v) is 7.14. The maximum absolute atomic E-state index is 12.4.